The fourth-order valence-electron chi connectivity index (χ4n) is 1.71. The van der Waals surface area contributed by atoms with Crippen LogP contribution in [0.3, 0.4) is 0 Å². The highest BCUT2D eigenvalue weighted by molar-refractivity contribution is 4.75. The molecule has 2 heterocycles. The highest BCUT2D eigenvalue weighted by atomic mass is 16.5. The normalized spacial score (nSPS) is 21.6. The van der Waals surface area contributed by atoms with Gasteiger partial charge in [-0.2, -0.15) is 0 Å². The molecule has 0 spiro atoms. The van der Waals surface area contributed by atoms with Gasteiger partial charge in [0.1, 0.15) is 0 Å². The highest BCUT2D eigenvalue weighted by Crippen LogP contribution is 2.04. The van der Waals surface area contributed by atoms with Gasteiger partial charge in [0.05, 0.1) is 19.5 Å². The molecule has 1 saturated heterocycles. The van der Waals surface area contributed by atoms with E-state index in [-0.39, 0.29) is 0 Å². The average Bonchev–Trinajstić information content (AvgIpc) is 2.86. The van der Waals surface area contributed by atoms with Crippen LogP contribution in [0, 0.1) is 0 Å². The van der Waals surface area contributed by atoms with Crippen LogP contribution < -0.4 is 5.32 Å². The first-order valence-electron chi connectivity index (χ1n) is 5.22. The topological polar surface area (TPSA) is 39.1 Å². The predicted molar refractivity (Wildman–Crippen MR) is 54.1 cm³/mol. The van der Waals surface area contributed by atoms with E-state index in [2.05, 4.69) is 10.3 Å². The van der Waals surface area contributed by atoms with Gasteiger partial charge in [0.25, 0.3) is 0 Å². The molecule has 4 heteroatoms. The van der Waals surface area contributed by atoms with Crippen LogP contribution in [0.5, 0.6) is 0 Å². The fourth-order valence-corrected chi connectivity index (χ4v) is 1.71. The summed E-state index contributed by atoms with van der Waals surface area (Å²) < 4.78 is 7.61. The average molecular weight is 195 g/mol. The fraction of sp³-hybridized carbons (Fsp3) is 0.700. The van der Waals surface area contributed by atoms with Crippen molar-refractivity contribution in [3.8, 4) is 0 Å². The van der Waals surface area contributed by atoms with Crippen molar-refractivity contribution in [2.75, 3.05) is 19.8 Å². The van der Waals surface area contributed by atoms with E-state index in [1.54, 1.807) is 6.20 Å². The van der Waals surface area contributed by atoms with Gasteiger partial charge in [-0.1, -0.05) is 0 Å². The van der Waals surface area contributed by atoms with E-state index in [0.717, 1.165) is 26.3 Å². The van der Waals surface area contributed by atoms with Crippen LogP contribution in [-0.2, 0) is 11.3 Å². The number of hydrogen-bond acceptors (Lipinski definition) is 3. The third-order valence-electron chi connectivity index (χ3n) is 2.53. The van der Waals surface area contributed by atoms with Crippen molar-refractivity contribution in [2.24, 2.45) is 0 Å². The van der Waals surface area contributed by atoms with Crippen LogP contribution in [0.2, 0.25) is 0 Å². The standard InChI is InChI=1S/C10H17N3O/c1-2-10(12-3-1)8-14-7-6-13-5-4-11-9-13/h4-5,9-10,12H,1-3,6-8H2. The van der Waals surface area contributed by atoms with Gasteiger partial charge in [-0.3, -0.25) is 0 Å². The second-order valence-electron chi connectivity index (χ2n) is 3.67. The van der Waals surface area contributed by atoms with Gasteiger partial charge in [-0.15, -0.1) is 0 Å². The SMILES string of the molecule is c1cn(CCOCC2CCCN2)cn1. The Morgan fingerprint density at radius 3 is 3.29 bits per heavy atom. The van der Waals surface area contributed by atoms with Crippen molar-refractivity contribution in [1.29, 1.82) is 0 Å². The van der Waals surface area contributed by atoms with Gasteiger partial charge in [-0.25, -0.2) is 4.98 Å². The van der Waals surface area contributed by atoms with Crippen LogP contribution in [-0.4, -0.2) is 35.4 Å². The van der Waals surface area contributed by atoms with E-state index in [4.69, 9.17) is 4.74 Å². The number of aromatic nitrogens is 2. The Morgan fingerprint density at radius 1 is 1.57 bits per heavy atom. The first-order valence-corrected chi connectivity index (χ1v) is 5.22. The summed E-state index contributed by atoms with van der Waals surface area (Å²) in [5, 5.41) is 3.41. The Balaban J connectivity index is 1.55. The van der Waals surface area contributed by atoms with Gasteiger partial charge in [0.2, 0.25) is 0 Å². The Bertz CT molecular complexity index is 242. The number of rotatable bonds is 5. The van der Waals surface area contributed by atoms with Crippen molar-refractivity contribution in [3.63, 3.8) is 0 Å². The molecular weight excluding hydrogens is 178 g/mol. The maximum Gasteiger partial charge on any atom is 0.0946 e. The molecule has 14 heavy (non-hydrogen) atoms. The molecule has 0 bridgehead atoms. The minimum absolute atomic E-state index is 0.581. The summed E-state index contributed by atoms with van der Waals surface area (Å²) in [5.74, 6) is 0. The summed E-state index contributed by atoms with van der Waals surface area (Å²) >= 11 is 0. The minimum Gasteiger partial charge on any atom is -0.378 e. The van der Waals surface area contributed by atoms with E-state index in [1.807, 2.05) is 17.1 Å². The third kappa shape index (κ3) is 2.82. The third-order valence-corrected chi connectivity index (χ3v) is 2.53. The number of ether oxygens (including phenoxy) is 1. The maximum atomic E-state index is 5.58. The zero-order chi connectivity index (χ0) is 9.64. The monoisotopic (exact) mass is 195 g/mol. The van der Waals surface area contributed by atoms with Crippen molar-refractivity contribution in [2.45, 2.75) is 25.4 Å². The summed E-state index contributed by atoms with van der Waals surface area (Å²) in [6, 6.07) is 0.581. The summed E-state index contributed by atoms with van der Waals surface area (Å²) in [6.07, 6.45) is 8.10. The summed E-state index contributed by atoms with van der Waals surface area (Å²) in [5.41, 5.74) is 0. The molecule has 0 aromatic carbocycles. The zero-order valence-corrected chi connectivity index (χ0v) is 8.35. The lowest BCUT2D eigenvalue weighted by atomic mass is 10.2. The lowest BCUT2D eigenvalue weighted by molar-refractivity contribution is 0.109. The highest BCUT2D eigenvalue weighted by Gasteiger charge is 2.13. The van der Waals surface area contributed by atoms with E-state index in [0.29, 0.717) is 6.04 Å². The Kier molecular flexibility index (Phi) is 3.54. The van der Waals surface area contributed by atoms with Crippen molar-refractivity contribution >= 4 is 0 Å². The molecule has 1 atom stereocenters. The molecule has 4 nitrogen and oxygen atoms in total. The molecule has 1 aromatic rings. The summed E-state index contributed by atoms with van der Waals surface area (Å²) in [4.78, 5) is 3.97. The van der Waals surface area contributed by atoms with Crippen molar-refractivity contribution in [3.05, 3.63) is 18.7 Å². The van der Waals surface area contributed by atoms with Crippen LogP contribution in [0.4, 0.5) is 0 Å². The van der Waals surface area contributed by atoms with Crippen molar-refractivity contribution < 1.29 is 4.74 Å². The number of hydrogen-bond donors (Lipinski definition) is 1. The molecule has 1 aliphatic heterocycles. The molecule has 1 N–H and O–H groups in total. The van der Waals surface area contributed by atoms with Crippen molar-refractivity contribution in [1.82, 2.24) is 14.9 Å². The molecule has 1 aliphatic rings. The minimum atomic E-state index is 0.581. The van der Waals surface area contributed by atoms with Crippen LogP contribution in [0.1, 0.15) is 12.8 Å². The lowest BCUT2D eigenvalue weighted by Crippen LogP contribution is -2.27. The molecular formula is C10H17N3O. The largest absolute Gasteiger partial charge is 0.378 e. The molecule has 0 radical (unpaired) electrons. The van der Waals surface area contributed by atoms with Gasteiger partial charge >= 0.3 is 0 Å². The molecule has 1 aromatic heterocycles. The summed E-state index contributed by atoms with van der Waals surface area (Å²) in [7, 11) is 0. The molecule has 2 rings (SSSR count). The van der Waals surface area contributed by atoms with Gasteiger partial charge < -0.3 is 14.6 Å². The second kappa shape index (κ2) is 5.12. The van der Waals surface area contributed by atoms with E-state index >= 15 is 0 Å². The van der Waals surface area contributed by atoms with Gasteiger partial charge in [0, 0.05) is 25.0 Å². The Hall–Kier alpha value is -0.870. The van der Waals surface area contributed by atoms with Crippen LogP contribution in [0.25, 0.3) is 0 Å². The van der Waals surface area contributed by atoms with E-state index in [9.17, 15) is 0 Å². The molecule has 0 saturated carbocycles. The number of nitrogens with one attached hydrogen (secondary N) is 1. The van der Waals surface area contributed by atoms with E-state index < -0.39 is 0 Å². The predicted octanol–water partition coefficient (Wildman–Crippen LogP) is 0.652. The Labute approximate surface area is 84.3 Å². The second-order valence-corrected chi connectivity index (χ2v) is 3.67. The smallest absolute Gasteiger partial charge is 0.0946 e. The lowest BCUT2D eigenvalue weighted by Gasteiger charge is -2.10. The maximum absolute atomic E-state index is 5.58. The molecule has 1 unspecified atom stereocenters. The molecule has 0 aliphatic carbocycles. The molecule has 78 valence electrons. The van der Waals surface area contributed by atoms with Crippen LogP contribution in [0.15, 0.2) is 18.7 Å². The molecule has 1 fully saturated rings. The number of nitrogens with zero attached hydrogens (tertiary/aromatic N) is 2. The van der Waals surface area contributed by atoms with Gasteiger partial charge in [0.15, 0.2) is 0 Å². The van der Waals surface area contributed by atoms with Crippen LogP contribution >= 0.6 is 0 Å². The molecule has 0 amide bonds. The number of imidazole rings is 1. The quantitative estimate of drug-likeness (QED) is 0.701. The zero-order valence-electron chi connectivity index (χ0n) is 8.35. The van der Waals surface area contributed by atoms with Gasteiger partial charge in [-0.05, 0) is 19.4 Å². The first kappa shape index (κ1) is 9.68. The van der Waals surface area contributed by atoms with E-state index in [1.165, 1.54) is 12.8 Å². The first-order chi connectivity index (χ1) is 6.95. The Morgan fingerprint density at radius 2 is 2.57 bits per heavy atom. The summed E-state index contributed by atoms with van der Waals surface area (Å²) in [6.45, 7) is 3.66.